The van der Waals surface area contributed by atoms with E-state index in [1.807, 2.05) is 0 Å². The van der Waals surface area contributed by atoms with Crippen molar-refractivity contribution in [1.82, 2.24) is 31.9 Å². The zero-order chi connectivity index (χ0) is 40.8. The monoisotopic (exact) mass is 758 g/mol. The fraction of sp³-hybridized carbons (Fsp3) is 0.710. The molecule has 0 spiro atoms. The standard InChI is InChI=1S/C31H58N12O10/c1-15(14-44)38-29(52)23(17(3)45)42-28(51)21(10-11-22(34)47)40-26(49)19(8-5-6-12-32)41-30(53)24(18(4)46)43-27(50)20(39-25(48)16(2)33)9-7-13-37-31(35)36/h14-21,23-24,45-46H,5-13,32-33H2,1-4H3,(H2,34,47)(H,38,52)(H,39,48)(H,40,49)(H,41,53)(H,42,51)(H,43,50)(H4,35,36,37)/t15-,16-,17+,18+,19-,20-,21-,23-,24-/m0/s1. The molecule has 0 rings (SSSR count). The van der Waals surface area contributed by atoms with Gasteiger partial charge in [-0.2, -0.15) is 0 Å². The fourth-order valence-corrected chi connectivity index (χ4v) is 4.59. The molecule has 22 heteroatoms. The quantitative estimate of drug-likeness (QED) is 0.0169. The molecule has 0 saturated carbocycles. The first kappa shape index (κ1) is 48.1. The van der Waals surface area contributed by atoms with E-state index in [-0.39, 0.29) is 51.2 Å². The van der Waals surface area contributed by atoms with Crippen molar-refractivity contribution < 1.29 is 48.6 Å². The van der Waals surface area contributed by atoms with E-state index >= 15 is 0 Å². The zero-order valence-electron chi connectivity index (χ0n) is 30.6. The molecule has 18 N–H and O–H groups in total. The number of rotatable bonds is 26. The minimum Gasteiger partial charge on any atom is -0.391 e. The Morgan fingerprint density at radius 3 is 1.49 bits per heavy atom. The highest BCUT2D eigenvalue weighted by molar-refractivity contribution is 5.97. The number of nitrogens with zero attached hydrogens (tertiary/aromatic N) is 1. The number of nitrogens with one attached hydrogen (secondary N) is 6. The van der Waals surface area contributed by atoms with Gasteiger partial charge in [-0.3, -0.25) is 38.6 Å². The number of carbonyl (C=O) groups is 8. The maximum Gasteiger partial charge on any atom is 0.245 e. The van der Waals surface area contributed by atoms with Crippen LogP contribution in [0.4, 0.5) is 0 Å². The molecule has 302 valence electrons. The first-order chi connectivity index (χ1) is 24.7. The predicted octanol–water partition coefficient (Wildman–Crippen LogP) is -6.33. The maximum atomic E-state index is 13.6. The predicted molar refractivity (Wildman–Crippen MR) is 192 cm³/mol. The lowest BCUT2D eigenvalue weighted by molar-refractivity contribution is -0.137. The lowest BCUT2D eigenvalue weighted by atomic mass is 10.0. The van der Waals surface area contributed by atoms with Crippen molar-refractivity contribution in [3.8, 4) is 0 Å². The van der Waals surface area contributed by atoms with E-state index < -0.39 is 95.9 Å². The summed E-state index contributed by atoms with van der Waals surface area (Å²) in [6.07, 6.45) is -2.33. The molecule has 0 bridgehead atoms. The summed E-state index contributed by atoms with van der Waals surface area (Å²) < 4.78 is 0. The molecular weight excluding hydrogens is 700 g/mol. The van der Waals surface area contributed by atoms with Gasteiger partial charge in [0, 0.05) is 13.0 Å². The molecule has 22 nitrogen and oxygen atoms in total. The molecule has 0 aliphatic carbocycles. The number of aliphatic imine (C=N–C) groups is 1. The number of aliphatic hydroxyl groups is 2. The van der Waals surface area contributed by atoms with Crippen molar-refractivity contribution in [2.75, 3.05) is 13.1 Å². The molecule has 0 radical (unpaired) electrons. The van der Waals surface area contributed by atoms with Crippen LogP contribution in [0.1, 0.15) is 72.6 Å². The number of primary amides is 1. The summed E-state index contributed by atoms with van der Waals surface area (Å²) in [4.78, 5) is 105. The molecule has 0 aromatic rings. The van der Waals surface area contributed by atoms with Gasteiger partial charge < -0.3 is 75.6 Å². The molecule has 0 aliphatic rings. The number of unbranched alkanes of at least 4 members (excludes halogenated alkanes) is 1. The van der Waals surface area contributed by atoms with Crippen LogP contribution >= 0.6 is 0 Å². The van der Waals surface area contributed by atoms with Crippen LogP contribution in [0.2, 0.25) is 0 Å². The lowest BCUT2D eigenvalue weighted by Crippen LogP contribution is -2.62. The number of hydrogen-bond acceptors (Lipinski definition) is 13. The Kier molecular flexibility index (Phi) is 22.8. The minimum absolute atomic E-state index is 0.0157. The number of guanidine groups is 1. The molecule has 0 unspecified atom stereocenters. The second-order valence-corrected chi connectivity index (χ2v) is 12.6. The van der Waals surface area contributed by atoms with Crippen LogP contribution in [0.5, 0.6) is 0 Å². The van der Waals surface area contributed by atoms with Crippen molar-refractivity contribution in [1.29, 1.82) is 0 Å². The van der Waals surface area contributed by atoms with Gasteiger partial charge in [-0.05, 0) is 72.8 Å². The first-order valence-corrected chi connectivity index (χ1v) is 17.2. The zero-order valence-corrected chi connectivity index (χ0v) is 30.6. The summed E-state index contributed by atoms with van der Waals surface area (Å²) in [5.74, 6) is -6.38. The van der Waals surface area contributed by atoms with Gasteiger partial charge in [0.25, 0.3) is 0 Å². The molecule has 0 saturated heterocycles. The molecule has 0 fully saturated rings. The summed E-state index contributed by atoms with van der Waals surface area (Å²) in [5.41, 5.74) is 27.2. The van der Waals surface area contributed by atoms with E-state index in [4.69, 9.17) is 28.7 Å². The van der Waals surface area contributed by atoms with Crippen molar-refractivity contribution in [3.63, 3.8) is 0 Å². The van der Waals surface area contributed by atoms with Gasteiger partial charge in [0.15, 0.2) is 5.96 Å². The fourth-order valence-electron chi connectivity index (χ4n) is 4.59. The number of amides is 7. The summed E-state index contributed by atoms with van der Waals surface area (Å²) in [7, 11) is 0. The highest BCUT2D eigenvalue weighted by atomic mass is 16.3. The maximum absolute atomic E-state index is 13.6. The number of carbonyl (C=O) groups excluding carboxylic acids is 8. The third-order valence-corrected chi connectivity index (χ3v) is 7.58. The van der Waals surface area contributed by atoms with Gasteiger partial charge in [-0.1, -0.05) is 0 Å². The van der Waals surface area contributed by atoms with Crippen LogP contribution in [0, 0.1) is 0 Å². The topological polar surface area (TPSA) is 392 Å². The first-order valence-electron chi connectivity index (χ1n) is 17.2. The molecule has 0 aliphatic heterocycles. The molecule has 9 atom stereocenters. The Morgan fingerprint density at radius 1 is 0.623 bits per heavy atom. The third kappa shape index (κ3) is 19.5. The normalized spacial score (nSPS) is 16.0. The second-order valence-electron chi connectivity index (χ2n) is 12.6. The van der Waals surface area contributed by atoms with Gasteiger partial charge in [-0.15, -0.1) is 0 Å². The lowest BCUT2D eigenvalue weighted by Gasteiger charge is -2.28. The molecule has 0 aromatic carbocycles. The molecule has 0 heterocycles. The van der Waals surface area contributed by atoms with E-state index in [1.54, 1.807) is 0 Å². The van der Waals surface area contributed by atoms with Crippen LogP contribution < -0.4 is 60.6 Å². The Hall–Kier alpha value is -4.93. The highest BCUT2D eigenvalue weighted by Gasteiger charge is 2.35. The van der Waals surface area contributed by atoms with E-state index in [9.17, 15) is 48.6 Å². The van der Waals surface area contributed by atoms with Gasteiger partial charge in [0.1, 0.15) is 36.5 Å². The average molecular weight is 759 g/mol. The Balaban J connectivity index is 6.25. The molecule has 0 aromatic heterocycles. The van der Waals surface area contributed by atoms with Crippen molar-refractivity contribution in [3.05, 3.63) is 0 Å². The Bertz CT molecular complexity index is 1280. The van der Waals surface area contributed by atoms with Crippen LogP contribution in [-0.4, -0.2) is 131 Å². The molecule has 7 amide bonds. The number of aldehydes is 1. The third-order valence-electron chi connectivity index (χ3n) is 7.58. The minimum atomic E-state index is -1.65. The number of nitrogens with two attached hydrogens (primary N) is 5. The van der Waals surface area contributed by atoms with Gasteiger partial charge >= 0.3 is 0 Å². The van der Waals surface area contributed by atoms with Crippen LogP contribution in [0.15, 0.2) is 4.99 Å². The van der Waals surface area contributed by atoms with Gasteiger partial charge in [0.05, 0.1) is 24.3 Å². The summed E-state index contributed by atoms with van der Waals surface area (Å²) >= 11 is 0. The smallest absolute Gasteiger partial charge is 0.245 e. The van der Waals surface area contributed by atoms with Crippen LogP contribution in [0.3, 0.4) is 0 Å². The van der Waals surface area contributed by atoms with Crippen molar-refractivity contribution in [2.24, 2.45) is 33.7 Å². The SMILES string of the molecule is C[C@H](N)C(=O)N[C@@H](CCCN=C(N)N)C(=O)N[C@H](C(=O)N[C@@H](CCCCN)C(=O)N[C@@H](CCC(N)=O)C(=O)N[C@H](C(=O)N[C@@H](C)C=O)[C@@H](C)O)[C@@H](C)O. The van der Waals surface area contributed by atoms with Gasteiger partial charge in [-0.25, -0.2) is 0 Å². The number of aliphatic hydroxyl groups excluding tert-OH is 2. The van der Waals surface area contributed by atoms with E-state index in [1.165, 1.54) is 27.7 Å². The second kappa shape index (κ2) is 25.1. The summed E-state index contributed by atoms with van der Waals surface area (Å²) in [6.45, 7) is 5.52. The summed E-state index contributed by atoms with van der Waals surface area (Å²) in [6, 6.07) is -9.26. The Morgan fingerprint density at radius 2 is 1.06 bits per heavy atom. The van der Waals surface area contributed by atoms with E-state index in [0.29, 0.717) is 19.1 Å². The van der Waals surface area contributed by atoms with Gasteiger partial charge in [0.2, 0.25) is 41.4 Å². The number of hydrogen-bond donors (Lipinski definition) is 13. The van der Waals surface area contributed by atoms with Crippen LogP contribution in [-0.2, 0) is 38.4 Å². The Labute approximate surface area is 307 Å². The van der Waals surface area contributed by atoms with Crippen molar-refractivity contribution >= 4 is 53.6 Å². The largest absolute Gasteiger partial charge is 0.391 e. The van der Waals surface area contributed by atoms with Crippen LogP contribution in [0.25, 0.3) is 0 Å². The van der Waals surface area contributed by atoms with E-state index in [0.717, 1.165) is 0 Å². The van der Waals surface area contributed by atoms with E-state index in [2.05, 4.69) is 36.9 Å². The molecule has 53 heavy (non-hydrogen) atoms. The average Bonchev–Trinajstić information content (AvgIpc) is 3.07. The summed E-state index contributed by atoms with van der Waals surface area (Å²) in [5, 5.41) is 35.0. The highest BCUT2D eigenvalue weighted by Crippen LogP contribution is 2.08. The molecular formula is C31H58N12O10. The van der Waals surface area contributed by atoms with Crippen molar-refractivity contribution in [2.45, 2.75) is 127 Å².